The number of aryl methyl sites for hydroxylation is 2. The van der Waals surface area contributed by atoms with Crippen LogP contribution < -0.4 is 15.0 Å². The summed E-state index contributed by atoms with van der Waals surface area (Å²) in [7, 11) is -3.89. The van der Waals surface area contributed by atoms with Crippen molar-refractivity contribution in [2.24, 2.45) is 0 Å². The second kappa shape index (κ2) is 7.99. The zero-order chi connectivity index (χ0) is 19.3. The zero-order valence-electron chi connectivity index (χ0n) is 14.6. The molecule has 0 radical (unpaired) electrons. The Bertz CT molecular complexity index is 947. The van der Waals surface area contributed by atoms with Crippen molar-refractivity contribution >= 4 is 15.9 Å². The second-order valence-electron chi connectivity index (χ2n) is 5.76. The van der Waals surface area contributed by atoms with E-state index in [0.717, 1.165) is 5.56 Å². The van der Waals surface area contributed by atoms with Gasteiger partial charge in [0.25, 0.3) is 15.9 Å². The van der Waals surface area contributed by atoms with Crippen LogP contribution in [-0.2, 0) is 14.8 Å². The van der Waals surface area contributed by atoms with Crippen LogP contribution in [0.5, 0.6) is 5.75 Å². The van der Waals surface area contributed by atoms with Crippen LogP contribution in [0.4, 0.5) is 0 Å². The molecule has 2 N–H and O–H groups in total. The van der Waals surface area contributed by atoms with Crippen molar-refractivity contribution in [1.82, 2.24) is 10.3 Å². The molecule has 0 spiro atoms. The van der Waals surface area contributed by atoms with Gasteiger partial charge in [0, 0.05) is 0 Å². The third kappa shape index (κ3) is 4.81. The van der Waals surface area contributed by atoms with Crippen LogP contribution >= 0.6 is 0 Å². The van der Waals surface area contributed by atoms with Crippen molar-refractivity contribution in [2.45, 2.75) is 31.8 Å². The first-order valence-electron chi connectivity index (χ1n) is 7.78. The molecule has 0 unspecified atom stereocenters. The van der Waals surface area contributed by atoms with Crippen LogP contribution in [0.25, 0.3) is 0 Å². The highest BCUT2D eigenvalue weighted by Crippen LogP contribution is 2.16. The SMILES string of the molecule is Cc1ccc(S(=O)(=O)NNC(=O)[C@@H](C)Oc2ccc(C#N)cc2)c(C)c1. The highest BCUT2D eigenvalue weighted by atomic mass is 32.2. The largest absolute Gasteiger partial charge is 0.481 e. The number of benzene rings is 2. The predicted octanol–water partition coefficient (Wildman–Crippen LogP) is 1.95. The Morgan fingerprint density at radius 1 is 1.15 bits per heavy atom. The summed E-state index contributed by atoms with van der Waals surface area (Å²) in [4.78, 5) is 14.2. The van der Waals surface area contributed by atoms with Gasteiger partial charge in [-0.15, -0.1) is 4.83 Å². The molecule has 26 heavy (non-hydrogen) atoms. The Hall–Kier alpha value is -2.89. The van der Waals surface area contributed by atoms with E-state index in [1.165, 1.54) is 13.0 Å². The smallest absolute Gasteiger partial charge is 0.275 e. The summed E-state index contributed by atoms with van der Waals surface area (Å²) in [6.45, 7) is 5.03. The van der Waals surface area contributed by atoms with Gasteiger partial charge in [0.2, 0.25) is 0 Å². The van der Waals surface area contributed by atoms with E-state index in [2.05, 4.69) is 10.3 Å². The summed E-state index contributed by atoms with van der Waals surface area (Å²) in [6.07, 6.45) is -0.940. The van der Waals surface area contributed by atoms with Gasteiger partial charge >= 0.3 is 0 Å². The Morgan fingerprint density at radius 2 is 1.81 bits per heavy atom. The van der Waals surface area contributed by atoms with Crippen molar-refractivity contribution < 1.29 is 17.9 Å². The van der Waals surface area contributed by atoms with Crippen LogP contribution in [0.2, 0.25) is 0 Å². The highest BCUT2D eigenvalue weighted by Gasteiger charge is 2.20. The number of nitrogens with zero attached hydrogens (tertiary/aromatic N) is 1. The number of amides is 1. The molecule has 2 rings (SSSR count). The van der Waals surface area contributed by atoms with E-state index >= 15 is 0 Å². The van der Waals surface area contributed by atoms with E-state index in [1.807, 2.05) is 13.0 Å². The lowest BCUT2D eigenvalue weighted by molar-refractivity contribution is -0.127. The molecule has 1 amide bonds. The fourth-order valence-electron chi connectivity index (χ4n) is 2.24. The van der Waals surface area contributed by atoms with Gasteiger partial charge in [0.15, 0.2) is 6.10 Å². The number of ether oxygens (including phenoxy) is 1. The molecule has 7 nitrogen and oxygen atoms in total. The number of rotatable bonds is 6. The summed E-state index contributed by atoms with van der Waals surface area (Å²) in [5.74, 6) is -0.258. The number of nitriles is 1. The van der Waals surface area contributed by atoms with Gasteiger partial charge in [0.1, 0.15) is 5.75 Å². The van der Waals surface area contributed by atoms with Crippen molar-refractivity contribution in [3.63, 3.8) is 0 Å². The molecule has 136 valence electrons. The molecule has 0 fully saturated rings. The summed E-state index contributed by atoms with van der Waals surface area (Å²) >= 11 is 0. The van der Waals surface area contributed by atoms with E-state index in [4.69, 9.17) is 10.00 Å². The van der Waals surface area contributed by atoms with E-state index in [1.54, 1.807) is 43.3 Å². The number of hydrazine groups is 1. The molecule has 2 aromatic rings. The lowest BCUT2D eigenvalue weighted by Crippen LogP contribution is -2.47. The number of hydrogen-bond acceptors (Lipinski definition) is 5. The molecular formula is C18H19N3O4S. The molecule has 0 aliphatic carbocycles. The van der Waals surface area contributed by atoms with Crippen molar-refractivity contribution in [1.29, 1.82) is 5.26 Å². The average Bonchev–Trinajstić information content (AvgIpc) is 2.60. The monoisotopic (exact) mass is 373 g/mol. The lowest BCUT2D eigenvalue weighted by atomic mass is 10.2. The summed E-state index contributed by atoms with van der Waals surface area (Å²) in [5.41, 5.74) is 4.14. The minimum Gasteiger partial charge on any atom is -0.481 e. The molecule has 0 aliphatic heterocycles. The number of carbonyl (C=O) groups excluding carboxylic acids is 1. The van der Waals surface area contributed by atoms with Gasteiger partial charge in [-0.05, 0) is 56.7 Å². The molecular weight excluding hydrogens is 354 g/mol. The highest BCUT2D eigenvalue weighted by molar-refractivity contribution is 7.89. The van der Waals surface area contributed by atoms with Crippen LogP contribution in [0.15, 0.2) is 47.4 Å². The molecule has 1 atom stereocenters. The Kier molecular flexibility index (Phi) is 5.97. The quantitative estimate of drug-likeness (QED) is 0.753. The fraction of sp³-hybridized carbons (Fsp3) is 0.222. The molecule has 0 aromatic heterocycles. The second-order valence-corrected chi connectivity index (χ2v) is 7.41. The molecule has 8 heteroatoms. The number of sulfonamides is 1. The van der Waals surface area contributed by atoms with Gasteiger partial charge in [-0.2, -0.15) is 5.26 Å². The first-order valence-corrected chi connectivity index (χ1v) is 9.27. The maximum Gasteiger partial charge on any atom is 0.275 e. The van der Waals surface area contributed by atoms with Crippen molar-refractivity contribution in [3.05, 3.63) is 59.2 Å². The normalized spacial score (nSPS) is 12.1. The van der Waals surface area contributed by atoms with Crippen LogP contribution in [0.3, 0.4) is 0 Å². The van der Waals surface area contributed by atoms with E-state index in [-0.39, 0.29) is 4.90 Å². The lowest BCUT2D eigenvalue weighted by Gasteiger charge is -2.16. The zero-order valence-corrected chi connectivity index (χ0v) is 15.4. The van der Waals surface area contributed by atoms with E-state index in [9.17, 15) is 13.2 Å². The van der Waals surface area contributed by atoms with Gasteiger partial charge in [-0.25, -0.2) is 8.42 Å². The number of nitrogens with one attached hydrogen (secondary N) is 2. The third-order valence-electron chi connectivity index (χ3n) is 3.59. The van der Waals surface area contributed by atoms with Crippen LogP contribution in [-0.4, -0.2) is 20.4 Å². The summed E-state index contributed by atoms with van der Waals surface area (Å²) < 4.78 is 30.1. The van der Waals surface area contributed by atoms with Crippen LogP contribution in [0, 0.1) is 25.2 Å². The molecule has 0 saturated heterocycles. The Labute approximate surface area is 152 Å². The molecule has 0 saturated carbocycles. The van der Waals surface area contributed by atoms with Gasteiger partial charge in [0.05, 0.1) is 16.5 Å². The maximum atomic E-state index is 12.3. The maximum absolute atomic E-state index is 12.3. The number of hydrogen-bond donors (Lipinski definition) is 2. The Balaban J connectivity index is 1.99. The Morgan fingerprint density at radius 3 is 2.38 bits per heavy atom. The predicted molar refractivity (Wildman–Crippen MR) is 95.6 cm³/mol. The first kappa shape index (κ1) is 19.4. The van der Waals surface area contributed by atoms with Gasteiger partial charge < -0.3 is 4.74 Å². The minimum absolute atomic E-state index is 0.0871. The standard InChI is InChI=1S/C18H19N3O4S/c1-12-4-9-17(13(2)10-12)26(23,24)21-20-18(22)14(3)25-16-7-5-15(11-19)6-8-16/h4-10,14,21H,1-3H3,(H,20,22)/t14-/m1/s1. The summed E-state index contributed by atoms with van der Waals surface area (Å²) in [5, 5.41) is 8.75. The van der Waals surface area contributed by atoms with Gasteiger partial charge in [-0.3, -0.25) is 10.2 Å². The molecule has 0 aliphatic rings. The van der Waals surface area contributed by atoms with Crippen LogP contribution in [0.1, 0.15) is 23.6 Å². The van der Waals surface area contributed by atoms with Crippen molar-refractivity contribution in [2.75, 3.05) is 0 Å². The first-order chi connectivity index (χ1) is 12.2. The number of carbonyl (C=O) groups is 1. The van der Waals surface area contributed by atoms with Gasteiger partial charge in [-0.1, -0.05) is 17.7 Å². The topological polar surface area (TPSA) is 108 Å². The molecule has 0 heterocycles. The van der Waals surface area contributed by atoms with Crippen molar-refractivity contribution in [3.8, 4) is 11.8 Å². The van der Waals surface area contributed by atoms with E-state index in [0.29, 0.717) is 16.9 Å². The fourth-order valence-corrected chi connectivity index (χ4v) is 3.32. The molecule has 0 bridgehead atoms. The summed E-state index contributed by atoms with van der Waals surface area (Å²) in [6, 6.07) is 13.1. The third-order valence-corrected chi connectivity index (χ3v) is 5.00. The minimum atomic E-state index is -3.89. The molecule has 2 aromatic carbocycles. The average molecular weight is 373 g/mol. The van der Waals surface area contributed by atoms with E-state index < -0.39 is 22.0 Å².